The van der Waals surface area contributed by atoms with Gasteiger partial charge in [-0.3, -0.25) is 29.0 Å². The zero-order chi connectivity index (χ0) is 32.7. The lowest BCUT2D eigenvalue weighted by Gasteiger charge is -2.28. The van der Waals surface area contributed by atoms with Gasteiger partial charge in [0.1, 0.15) is 22.7 Å². The van der Waals surface area contributed by atoms with Crippen molar-refractivity contribution in [1.29, 1.82) is 0 Å². The highest BCUT2D eigenvalue weighted by Gasteiger charge is 2.54. The molecular formula is C35H24N2O9. The Labute approximate surface area is 257 Å². The van der Waals surface area contributed by atoms with Crippen LogP contribution in [0.3, 0.4) is 0 Å². The first kappa shape index (κ1) is 28.7. The molecule has 1 spiro atoms. The van der Waals surface area contributed by atoms with Gasteiger partial charge in [0.15, 0.2) is 11.2 Å². The van der Waals surface area contributed by atoms with Crippen LogP contribution < -0.4 is 42.4 Å². The molecule has 11 heteroatoms. The molecule has 228 valence electrons. The highest BCUT2D eigenvalue weighted by atomic mass is 16.5. The van der Waals surface area contributed by atoms with Crippen molar-refractivity contribution >= 4 is 28.4 Å². The summed E-state index contributed by atoms with van der Waals surface area (Å²) in [7, 11) is 1.13. The van der Waals surface area contributed by atoms with Crippen molar-refractivity contribution in [2.24, 2.45) is 0 Å². The average molecular weight is 617 g/mol. The van der Waals surface area contributed by atoms with Crippen LogP contribution in [-0.2, 0) is 11.8 Å². The van der Waals surface area contributed by atoms with E-state index in [1.165, 1.54) is 0 Å². The predicted octanol–water partition coefficient (Wildman–Crippen LogP) is 1.16. The molecule has 0 aliphatic heterocycles. The van der Waals surface area contributed by atoms with E-state index in [9.17, 15) is 39.3 Å². The fourth-order valence-corrected chi connectivity index (χ4v) is 7.07. The Morgan fingerprint density at radius 1 is 0.891 bits per heavy atom. The van der Waals surface area contributed by atoms with E-state index in [4.69, 9.17) is 4.74 Å². The molecule has 0 unspecified atom stereocenters. The number of benzene rings is 1. The zero-order valence-corrected chi connectivity index (χ0v) is 24.4. The molecule has 4 aliphatic carbocycles. The molecular weight excluding hydrogens is 592 g/mol. The lowest BCUT2D eigenvalue weighted by molar-refractivity contribution is 0.362. The molecule has 7 rings (SSSR count). The Morgan fingerprint density at radius 3 is 2.22 bits per heavy atom. The van der Waals surface area contributed by atoms with E-state index < -0.39 is 76.6 Å². The number of hydrogen-bond acceptors (Lipinski definition) is 10. The largest absolute Gasteiger partial charge is 0.510 e. The van der Waals surface area contributed by atoms with Gasteiger partial charge < -0.3 is 25.0 Å². The third kappa shape index (κ3) is 3.53. The van der Waals surface area contributed by atoms with E-state index in [1.54, 1.807) is 48.8 Å². The Kier molecular flexibility index (Phi) is 6.21. The highest BCUT2D eigenvalue weighted by molar-refractivity contribution is 6.05. The Bertz CT molecular complexity index is 2720. The Balaban J connectivity index is 1.68. The monoisotopic (exact) mass is 616 g/mol. The van der Waals surface area contributed by atoms with Crippen LogP contribution in [0, 0.1) is 10.4 Å². The summed E-state index contributed by atoms with van der Waals surface area (Å²) in [5.41, 5.74) is -4.93. The second-order valence-electron chi connectivity index (χ2n) is 11.2. The maximum Gasteiger partial charge on any atom is 0.260 e. The molecule has 0 radical (unpaired) electrons. The highest BCUT2D eigenvalue weighted by Crippen LogP contribution is 2.56. The minimum atomic E-state index is -2.03. The number of nitrogens with one attached hydrogen (secondary N) is 1. The zero-order valence-electron chi connectivity index (χ0n) is 24.4. The molecule has 0 amide bonds. The number of H-pyrrole nitrogens is 1. The van der Waals surface area contributed by atoms with Gasteiger partial charge in [0, 0.05) is 35.1 Å². The number of aliphatic hydroxyl groups is 2. The summed E-state index contributed by atoms with van der Waals surface area (Å²) in [5.74, 6) is -2.54. The summed E-state index contributed by atoms with van der Waals surface area (Å²) in [4.78, 5) is 74.1. The van der Waals surface area contributed by atoms with Crippen LogP contribution in [0.5, 0.6) is 11.5 Å². The second-order valence-corrected chi connectivity index (χ2v) is 11.2. The molecule has 0 saturated heterocycles. The summed E-state index contributed by atoms with van der Waals surface area (Å²) >= 11 is 0. The molecule has 2 aromatic heterocycles. The van der Waals surface area contributed by atoms with Crippen molar-refractivity contribution in [3.8, 4) is 22.6 Å². The van der Waals surface area contributed by atoms with Crippen molar-refractivity contribution in [3.05, 3.63) is 144 Å². The van der Waals surface area contributed by atoms with Crippen LogP contribution in [0.1, 0.15) is 30.2 Å². The van der Waals surface area contributed by atoms with Gasteiger partial charge in [-0.25, -0.2) is 0 Å². The quantitative estimate of drug-likeness (QED) is 0.214. The smallest absolute Gasteiger partial charge is 0.260 e. The molecule has 1 atom stereocenters. The normalized spacial score (nSPS) is 17.3. The van der Waals surface area contributed by atoms with Gasteiger partial charge in [0.05, 0.1) is 33.4 Å². The van der Waals surface area contributed by atoms with Crippen molar-refractivity contribution in [2.75, 3.05) is 7.11 Å². The summed E-state index contributed by atoms with van der Waals surface area (Å²) in [6.07, 6.45) is 10.1. The number of aromatic nitrogens is 2. The van der Waals surface area contributed by atoms with Crippen molar-refractivity contribution < 1.29 is 20.1 Å². The van der Waals surface area contributed by atoms with E-state index in [0.29, 0.717) is 27.8 Å². The second kappa shape index (κ2) is 9.96. The van der Waals surface area contributed by atoms with Crippen LogP contribution in [0.15, 0.2) is 78.9 Å². The molecule has 46 heavy (non-hydrogen) atoms. The maximum absolute atomic E-state index is 13.8. The fourth-order valence-electron chi connectivity index (χ4n) is 7.07. The number of aliphatic hydroxyl groups excluding tert-OH is 2. The number of rotatable bonds is 4. The van der Waals surface area contributed by atoms with Crippen molar-refractivity contribution in [2.45, 2.75) is 25.2 Å². The van der Waals surface area contributed by atoms with Crippen molar-refractivity contribution in [3.63, 3.8) is 0 Å². The first-order chi connectivity index (χ1) is 22.1. The lowest BCUT2D eigenvalue weighted by atomic mass is 9.77. The van der Waals surface area contributed by atoms with Gasteiger partial charge in [-0.2, -0.15) is 0 Å². The standard InChI is InChI=1S/C35H24N2O9/c1-3-4-5-6-16-13-18-21(15-8-11-36-12-9-15)17-7-10-35(27(17)31(42)22(18)34(45)37-16)32(43)25-26(33(35)44)30(41)24-23(29(25)40)19(38)14-20(46-2)28(24)39/h3-6,8-9,11-14,42-44H,7,10H2,1-2H3,(H,37,45)/b4-3+,6-5+/t35-/m0/s1. The van der Waals surface area contributed by atoms with E-state index >= 15 is 0 Å². The number of hydrogen-bond donors (Lipinski definition) is 4. The average Bonchev–Trinajstić information content (AvgIpc) is 3.54. The van der Waals surface area contributed by atoms with Crippen LogP contribution in [0.2, 0.25) is 0 Å². The molecule has 11 nitrogen and oxygen atoms in total. The summed E-state index contributed by atoms with van der Waals surface area (Å²) in [6, 6.07) is 5.91. The Morgan fingerprint density at radius 2 is 1.57 bits per heavy atom. The van der Waals surface area contributed by atoms with Gasteiger partial charge in [-0.1, -0.05) is 18.2 Å². The van der Waals surface area contributed by atoms with Crippen LogP contribution in [-0.4, -0.2) is 32.4 Å². The van der Waals surface area contributed by atoms with Gasteiger partial charge in [0.25, 0.3) is 5.56 Å². The van der Waals surface area contributed by atoms with Crippen molar-refractivity contribution in [1.82, 2.24) is 9.97 Å². The SMILES string of the molecule is C/C=C/C=C/c1cc2c(-c3ccncc3)c3c(c(O)c2c(=O)[nH]1)[C@@]1(CC3)C(O)=c2c(=O)c3c(=O)cc(OC)c(=O)c=3c(=O)c2=C1O. The molecule has 2 heterocycles. The van der Waals surface area contributed by atoms with E-state index in [1.807, 2.05) is 13.0 Å². The number of nitrogens with zero attached hydrogens (tertiary/aromatic N) is 1. The first-order valence-electron chi connectivity index (χ1n) is 14.3. The van der Waals surface area contributed by atoms with Crippen LogP contribution >= 0.6 is 0 Å². The number of phenolic OH excluding ortho intramolecular Hbond substituents is 1. The number of aromatic amines is 1. The number of fused-ring (bicyclic) bond motifs is 4. The maximum atomic E-state index is 13.8. The predicted molar refractivity (Wildman–Crippen MR) is 170 cm³/mol. The first-order valence-corrected chi connectivity index (χ1v) is 14.3. The topological polar surface area (TPSA) is 184 Å². The molecule has 4 aliphatic rings. The van der Waals surface area contributed by atoms with Gasteiger partial charge in [0.2, 0.25) is 16.3 Å². The molecule has 0 bridgehead atoms. The number of pyridine rings is 2. The minimum Gasteiger partial charge on any atom is -0.510 e. The van der Waals surface area contributed by atoms with Gasteiger partial charge in [-0.05, 0) is 60.7 Å². The summed E-state index contributed by atoms with van der Waals surface area (Å²) < 4.78 is 4.94. The van der Waals surface area contributed by atoms with E-state index in [0.717, 1.165) is 13.2 Å². The number of methoxy groups -OCH3 is 1. The van der Waals surface area contributed by atoms with Gasteiger partial charge >= 0.3 is 0 Å². The number of ether oxygens (including phenoxy) is 1. The molecule has 3 aromatic rings. The number of allylic oxidation sites excluding steroid dienone is 3. The van der Waals surface area contributed by atoms with E-state index in [-0.39, 0.29) is 23.8 Å². The fraction of sp³-hybridized carbons (Fsp3) is 0.143. The molecule has 1 aromatic carbocycles. The minimum absolute atomic E-state index is 0.0640. The molecule has 0 fully saturated rings. The Hall–Kier alpha value is -6.10. The summed E-state index contributed by atoms with van der Waals surface area (Å²) in [6.45, 7) is 1.84. The lowest BCUT2D eigenvalue weighted by Crippen LogP contribution is -2.51. The van der Waals surface area contributed by atoms with Gasteiger partial charge in [-0.15, -0.1) is 0 Å². The van der Waals surface area contributed by atoms with E-state index in [2.05, 4.69) is 9.97 Å². The number of phenols is 1. The third-order valence-electron chi connectivity index (χ3n) is 9.00. The number of aromatic hydroxyl groups is 1. The van der Waals surface area contributed by atoms with Crippen LogP contribution in [0.4, 0.5) is 0 Å². The molecule has 0 saturated carbocycles. The summed E-state index contributed by atoms with van der Waals surface area (Å²) in [5, 5.41) is 33.0. The third-order valence-corrected chi connectivity index (χ3v) is 9.00. The molecule has 4 N–H and O–H groups in total. The van der Waals surface area contributed by atoms with Crippen LogP contribution in [0.25, 0.3) is 39.5 Å².